The number of ether oxygens (including phenoxy) is 1. The molecule has 0 atom stereocenters. The fourth-order valence-corrected chi connectivity index (χ4v) is 4.12. The Balaban J connectivity index is 1.35. The average Bonchev–Trinajstić information content (AvgIpc) is 3.13. The van der Waals surface area contributed by atoms with E-state index in [0.717, 1.165) is 21.6 Å². The third-order valence-electron chi connectivity index (χ3n) is 3.96. The first-order chi connectivity index (χ1) is 13.6. The number of benzene rings is 2. The SMILES string of the molecule is O=C(CCCOc1ccc(Br)cc1Cl)NCc1csc(Cc2ccccc2)n1. The molecule has 0 saturated carbocycles. The van der Waals surface area contributed by atoms with Crippen LogP contribution in [-0.4, -0.2) is 17.5 Å². The van der Waals surface area contributed by atoms with Gasteiger partial charge in [-0.05, 0) is 30.2 Å². The first-order valence-corrected chi connectivity index (χ1v) is 11.0. The van der Waals surface area contributed by atoms with E-state index in [1.54, 1.807) is 17.4 Å². The number of nitrogens with one attached hydrogen (secondary N) is 1. The summed E-state index contributed by atoms with van der Waals surface area (Å²) in [4.78, 5) is 16.6. The number of rotatable bonds is 9. The number of aromatic nitrogens is 1. The summed E-state index contributed by atoms with van der Waals surface area (Å²) in [5.74, 6) is 0.613. The van der Waals surface area contributed by atoms with Crippen molar-refractivity contribution in [1.29, 1.82) is 0 Å². The monoisotopic (exact) mass is 478 g/mol. The summed E-state index contributed by atoms with van der Waals surface area (Å²) in [6.45, 7) is 0.885. The molecule has 0 aliphatic carbocycles. The third-order valence-corrected chi connectivity index (χ3v) is 5.65. The van der Waals surface area contributed by atoms with Gasteiger partial charge in [-0.3, -0.25) is 4.79 Å². The number of halogens is 2. The van der Waals surface area contributed by atoms with E-state index in [2.05, 4.69) is 38.4 Å². The molecular formula is C21H20BrClN2O2S. The van der Waals surface area contributed by atoms with Crippen LogP contribution in [0.1, 0.15) is 29.1 Å². The zero-order valence-corrected chi connectivity index (χ0v) is 18.3. The van der Waals surface area contributed by atoms with Crippen molar-refractivity contribution in [3.05, 3.63) is 79.7 Å². The van der Waals surface area contributed by atoms with Crippen molar-refractivity contribution in [3.63, 3.8) is 0 Å². The van der Waals surface area contributed by atoms with Crippen molar-refractivity contribution in [2.75, 3.05) is 6.61 Å². The Hall–Kier alpha value is -1.89. The second-order valence-electron chi connectivity index (χ2n) is 6.20. The minimum Gasteiger partial charge on any atom is -0.492 e. The van der Waals surface area contributed by atoms with Gasteiger partial charge in [0.15, 0.2) is 0 Å². The summed E-state index contributed by atoms with van der Waals surface area (Å²) in [5.41, 5.74) is 2.13. The predicted molar refractivity (Wildman–Crippen MR) is 117 cm³/mol. The van der Waals surface area contributed by atoms with Crippen LogP contribution in [0.25, 0.3) is 0 Å². The molecule has 0 aliphatic heterocycles. The Bertz CT molecular complexity index is 918. The van der Waals surface area contributed by atoms with Gasteiger partial charge in [0, 0.05) is 22.7 Å². The minimum absolute atomic E-state index is 0.0110. The molecule has 0 spiro atoms. The highest BCUT2D eigenvalue weighted by atomic mass is 79.9. The molecule has 1 N–H and O–H groups in total. The topological polar surface area (TPSA) is 51.2 Å². The molecule has 4 nitrogen and oxygen atoms in total. The molecule has 0 aliphatic rings. The Kier molecular flexibility index (Phi) is 7.89. The van der Waals surface area contributed by atoms with Crippen molar-refractivity contribution >= 4 is 44.8 Å². The largest absolute Gasteiger partial charge is 0.492 e. The fourth-order valence-electron chi connectivity index (χ4n) is 2.57. The summed E-state index contributed by atoms with van der Waals surface area (Å²) >= 11 is 11.1. The van der Waals surface area contributed by atoms with Gasteiger partial charge < -0.3 is 10.1 Å². The molecule has 146 valence electrons. The maximum absolute atomic E-state index is 12.0. The molecule has 1 heterocycles. The molecular weight excluding hydrogens is 460 g/mol. The standard InChI is InChI=1S/C21H20BrClN2O2S/c22-16-8-9-19(18(23)12-16)27-10-4-7-20(26)24-13-17-14-28-21(25-17)11-15-5-2-1-3-6-15/h1-3,5-6,8-9,12,14H,4,7,10-11,13H2,(H,24,26). The van der Waals surface area contributed by atoms with E-state index in [4.69, 9.17) is 16.3 Å². The number of amides is 1. The minimum atomic E-state index is -0.0110. The Morgan fingerprint density at radius 1 is 1.21 bits per heavy atom. The van der Waals surface area contributed by atoms with Gasteiger partial charge in [-0.2, -0.15) is 0 Å². The fraction of sp³-hybridized carbons (Fsp3) is 0.238. The van der Waals surface area contributed by atoms with E-state index in [0.29, 0.717) is 36.8 Å². The second-order valence-corrected chi connectivity index (χ2v) is 8.46. The van der Waals surface area contributed by atoms with Crippen LogP contribution >= 0.6 is 38.9 Å². The van der Waals surface area contributed by atoms with E-state index in [9.17, 15) is 4.79 Å². The Morgan fingerprint density at radius 2 is 2.04 bits per heavy atom. The van der Waals surface area contributed by atoms with Crippen LogP contribution in [0.2, 0.25) is 5.02 Å². The van der Waals surface area contributed by atoms with Crippen molar-refractivity contribution in [2.24, 2.45) is 0 Å². The number of carbonyl (C=O) groups is 1. The molecule has 28 heavy (non-hydrogen) atoms. The van der Waals surface area contributed by atoms with Crippen LogP contribution in [0, 0.1) is 0 Å². The van der Waals surface area contributed by atoms with Gasteiger partial charge in [0.2, 0.25) is 5.91 Å². The van der Waals surface area contributed by atoms with Crippen molar-refractivity contribution in [3.8, 4) is 5.75 Å². The van der Waals surface area contributed by atoms with E-state index >= 15 is 0 Å². The Labute approximate surface area is 182 Å². The first-order valence-electron chi connectivity index (χ1n) is 8.92. The molecule has 7 heteroatoms. The number of carbonyl (C=O) groups excluding carboxylic acids is 1. The molecule has 0 bridgehead atoms. The normalized spacial score (nSPS) is 10.6. The quantitative estimate of drug-likeness (QED) is 0.405. The van der Waals surface area contributed by atoms with Gasteiger partial charge in [-0.25, -0.2) is 4.98 Å². The maximum Gasteiger partial charge on any atom is 0.220 e. The molecule has 0 fully saturated rings. The van der Waals surface area contributed by atoms with Gasteiger partial charge in [-0.1, -0.05) is 57.9 Å². The predicted octanol–water partition coefficient (Wildman–Crippen LogP) is 5.63. The van der Waals surface area contributed by atoms with Crippen LogP contribution in [0.15, 0.2) is 58.4 Å². The van der Waals surface area contributed by atoms with Crippen LogP contribution in [0.4, 0.5) is 0 Å². The highest BCUT2D eigenvalue weighted by Gasteiger charge is 2.07. The molecule has 1 amide bonds. The summed E-state index contributed by atoms with van der Waals surface area (Å²) in [5, 5.41) is 6.51. The number of hydrogen-bond donors (Lipinski definition) is 1. The van der Waals surface area contributed by atoms with Crippen LogP contribution in [0.5, 0.6) is 5.75 Å². The highest BCUT2D eigenvalue weighted by molar-refractivity contribution is 9.10. The van der Waals surface area contributed by atoms with E-state index in [-0.39, 0.29) is 5.91 Å². The van der Waals surface area contributed by atoms with E-state index in [1.807, 2.05) is 35.7 Å². The molecule has 1 aromatic heterocycles. The summed E-state index contributed by atoms with van der Waals surface area (Å²) in [6, 6.07) is 15.7. The third kappa shape index (κ3) is 6.62. The zero-order valence-electron chi connectivity index (χ0n) is 15.2. The molecule has 0 radical (unpaired) electrons. The summed E-state index contributed by atoms with van der Waals surface area (Å²) < 4.78 is 6.52. The van der Waals surface area contributed by atoms with Crippen molar-refractivity contribution < 1.29 is 9.53 Å². The van der Waals surface area contributed by atoms with Gasteiger partial charge in [-0.15, -0.1) is 11.3 Å². The van der Waals surface area contributed by atoms with E-state index in [1.165, 1.54) is 5.56 Å². The average molecular weight is 480 g/mol. The van der Waals surface area contributed by atoms with Crippen LogP contribution in [0.3, 0.4) is 0 Å². The second kappa shape index (κ2) is 10.6. The zero-order chi connectivity index (χ0) is 19.8. The number of nitrogens with zero attached hydrogens (tertiary/aromatic N) is 1. The highest BCUT2D eigenvalue weighted by Crippen LogP contribution is 2.27. The summed E-state index contributed by atoms with van der Waals surface area (Å²) in [6.07, 6.45) is 1.83. The molecule has 3 rings (SSSR count). The molecule has 0 unspecified atom stereocenters. The van der Waals surface area contributed by atoms with Gasteiger partial charge in [0.05, 0.1) is 28.9 Å². The van der Waals surface area contributed by atoms with Gasteiger partial charge in [0.25, 0.3) is 0 Å². The lowest BCUT2D eigenvalue weighted by atomic mass is 10.2. The maximum atomic E-state index is 12.0. The summed E-state index contributed by atoms with van der Waals surface area (Å²) in [7, 11) is 0. The Morgan fingerprint density at radius 3 is 2.82 bits per heavy atom. The smallest absolute Gasteiger partial charge is 0.220 e. The molecule has 2 aromatic carbocycles. The number of thiazole rings is 1. The van der Waals surface area contributed by atoms with Crippen LogP contribution in [-0.2, 0) is 17.8 Å². The van der Waals surface area contributed by atoms with Gasteiger partial charge in [0.1, 0.15) is 5.75 Å². The van der Waals surface area contributed by atoms with Crippen molar-refractivity contribution in [1.82, 2.24) is 10.3 Å². The lowest BCUT2D eigenvalue weighted by Crippen LogP contribution is -2.23. The molecule has 3 aromatic rings. The van der Waals surface area contributed by atoms with Crippen LogP contribution < -0.4 is 10.1 Å². The van der Waals surface area contributed by atoms with Gasteiger partial charge >= 0.3 is 0 Å². The first kappa shape index (κ1) is 20.8. The molecule has 0 saturated heterocycles. The lowest BCUT2D eigenvalue weighted by Gasteiger charge is -2.08. The lowest BCUT2D eigenvalue weighted by molar-refractivity contribution is -0.121. The number of hydrogen-bond acceptors (Lipinski definition) is 4. The van der Waals surface area contributed by atoms with Crippen molar-refractivity contribution in [2.45, 2.75) is 25.8 Å². The van der Waals surface area contributed by atoms with E-state index < -0.39 is 0 Å².